The number of carbonyl (C=O) groups is 1. The number of nitrogens with zero attached hydrogens (tertiary/aromatic N) is 2. The number of amides is 1. The van der Waals surface area contributed by atoms with Crippen LogP contribution in [0, 0.1) is 6.92 Å². The second kappa shape index (κ2) is 5.32. The topological polar surface area (TPSA) is 46.9 Å². The molecule has 1 aromatic carbocycles. The minimum Gasteiger partial charge on any atom is -0.345 e. The average molecular weight is 287 g/mol. The zero-order valence-corrected chi connectivity index (χ0v) is 12.4. The van der Waals surface area contributed by atoms with E-state index in [2.05, 4.69) is 22.5 Å². The van der Waals surface area contributed by atoms with Crippen molar-refractivity contribution >= 4 is 17.7 Å². The summed E-state index contributed by atoms with van der Waals surface area (Å²) < 4.78 is 1.72. The quantitative estimate of drug-likeness (QED) is 0.924. The molecule has 0 saturated carbocycles. The number of rotatable bonds is 2. The normalized spacial score (nSPS) is 17.6. The molecule has 1 aliphatic rings. The van der Waals surface area contributed by atoms with Gasteiger partial charge in [-0.05, 0) is 25.0 Å². The summed E-state index contributed by atoms with van der Waals surface area (Å²) in [5.74, 6) is 0.996. The van der Waals surface area contributed by atoms with E-state index >= 15 is 0 Å². The zero-order chi connectivity index (χ0) is 14.1. The van der Waals surface area contributed by atoms with Gasteiger partial charge in [-0.15, -0.1) is 11.8 Å². The highest BCUT2D eigenvalue weighted by molar-refractivity contribution is 7.99. The minimum atomic E-state index is -0.0395. The van der Waals surface area contributed by atoms with Gasteiger partial charge in [-0.3, -0.25) is 9.48 Å². The summed E-state index contributed by atoms with van der Waals surface area (Å²) in [5.41, 5.74) is 2.77. The third-order valence-electron chi connectivity index (χ3n) is 3.74. The smallest absolute Gasteiger partial charge is 0.255 e. The van der Waals surface area contributed by atoms with Gasteiger partial charge in [-0.2, -0.15) is 5.10 Å². The largest absolute Gasteiger partial charge is 0.345 e. The molecule has 1 amide bonds. The Morgan fingerprint density at radius 3 is 3.00 bits per heavy atom. The third kappa shape index (κ3) is 2.33. The first-order valence-corrected chi connectivity index (χ1v) is 7.66. The molecule has 20 heavy (non-hydrogen) atoms. The summed E-state index contributed by atoms with van der Waals surface area (Å²) in [6, 6.07) is 8.39. The van der Waals surface area contributed by atoms with E-state index in [9.17, 15) is 4.79 Å². The number of aromatic nitrogens is 2. The van der Waals surface area contributed by atoms with Gasteiger partial charge in [0.15, 0.2) is 0 Å². The molecule has 0 radical (unpaired) electrons. The van der Waals surface area contributed by atoms with Crippen molar-refractivity contribution in [2.45, 2.75) is 24.3 Å². The molecule has 1 N–H and O–H groups in total. The Morgan fingerprint density at radius 1 is 1.45 bits per heavy atom. The lowest BCUT2D eigenvalue weighted by atomic mass is 10.0. The van der Waals surface area contributed by atoms with Crippen LogP contribution in [0.3, 0.4) is 0 Å². The minimum absolute atomic E-state index is 0.0395. The van der Waals surface area contributed by atoms with Crippen LogP contribution in [0.2, 0.25) is 0 Å². The summed E-state index contributed by atoms with van der Waals surface area (Å²) in [7, 11) is 1.85. The van der Waals surface area contributed by atoms with Gasteiger partial charge in [0.1, 0.15) is 0 Å². The van der Waals surface area contributed by atoms with Crippen molar-refractivity contribution in [1.82, 2.24) is 15.1 Å². The van der Waals surface area contributed by atoms with Crippen molar-refractivity contribution in [2.24, 2.45) is 7.05 Å². The van der Waals surface area contributed by atoms with E-state index in [-0.39, 0.29) is 11.9 Å². The lowest BCUT2D eigenvalue weighted by Gasteiger charge is -2.25. The molecule has 1 atom stereocenters. The van der Waals surface area contributed by atoms with Crippen LogP contribution in [-0.2, 0) is 7.05 Å². The Kier molecular flexibility index (Phi) is 3.53. The molecular weight excluding hydrogens is 270 g/mol. The Hall–Kier alpha value is -1.75. The van der Waals surface area contributed by atoms with E-state index in [4.69, 9.17) is 0 Å². The van der Waals surface area contributed by atoms with Crippen LogP contribution in [0.15, 0.2) is 35.4 Å². The summed E-state index contributed by atoms with van der Waals surface area (Å²) in [6.45, 7) is 1.91. The van der Waals surface area contributed by atoms with Crippen molar-refractivity contribution in [3.63, 3.8) is 0 Å². The van der Waals surface area contributed by atoms with Crippen LogP contribution in [0.1, 0.15) is 34.1 Å². The molecule has 1 aromatic heterocycles. The second-order valence-corrected chi connectivity index (χ2v) is 6.11. The number of fused-ring (bicyclic) bond motifs is 1. The van der Waals surface area contributed by atoms with Gasteiger partial charge in [0.2, 0.25) is 0 Å². The van der Waals surface area contributed by atoms with Gasteiger partial charge < -0.3 is 5.32 Å². The molecule has 3 rings (SSSR count). The first kappa shape index (κ1) is 13.2. The number of aryl methyl sites for hydroxylation is 1. The Bertz CT molecular complexity index is 650. The summed E-state index contributed by atoms with van der Waals surface area (Å²) in [5, 5.41) is 7.27. The predicted molar refractivity (Wildman–Crippen MR) is 79.9 cm³/mol. The van der Waals surface area contributed by atoms with Gasteiger partial charge >= 0.3 is 0 Å². The SMILES string of the molecule is Cc1c(C(=O)N[C@@H]2CCSc3ccccc32)cnn1C. The summed E-state index contributed by atoms with van der Waals surface area (Å²) >= 11 is 1.85. The molecule has 0 fully saturated rings. The number of nitrogens with one attached hydrogen (secondary N) is 1. The van der Waals surface area contributed by atoms with Crippen molar-refractivity contribution in [1.29, 1.82) is 0 Å². The molecule has 2 heterocycles. The van der Waals surface area contributed by atoms with Crippen molar-refractivity contribution in [3.05, 3.63) is 47.3 Å². The van der Waals surface area contributed by atoms with Gasteiger partial charge in [0, 0.05) is 23.4 Å². The highest BCUT2D eigenvalue weighted by atomic mass is 32.2. The standard InChI is InChI=1S/C15H17N3OS/c1-10-12(9-16-18(10)2)15(19)17-13-7-8-20-14-6-4-3-5-11(13)14/h3-6,9,13H,7-8H2,1-2H3,(H,17,19)/t13-/m1/s1. The van der Waals surface area contributed by atoms with E-state index in [1.165, 1.54) is 10.5 Å². The molecule has 104 valence electrons. The van der Waals surface area contributed by atoms with Crippen LogP contribution in [0.25, 0.3) is 0 Å². The van der Waals surface area contributed by atoms with Crippen LogP contribution in [0.4, 0.5) is 0 Å². The van der Waals surface area contributed by atoms with Gasteiger partial charge in [-0.25, -0.2) is 0 Å². The van der Waals surface area contributed by atoms with E-state index in [1.807, 2.05) is 37.9 Å². The number of hydrogen-bond acceptors (Lipinski definition) is 3. The zero-order valence-electron chi connectivity index (χ0n) is 11.6. The highest BCUT2D eigenvalue weighted by Crippen LogP contribution is 2.35. The van der Waals surface area contributed by atoms with Crippen LogP contribution in [-0.4, -0.2) is 21.4 Å². The van der Waals surface area contributed by atoms with E-state index in [0.29, 0.717) is 5.56 Å². The molecule has 0 bridgehead atoms. The van der Waals surface area contributed by atoms with Crippen LogP contribution >= 0.6 is 11.8 Å². The Balaban J connectivity index is 1.82. The maximum absolute atomic E-state index is 12.4. The number of carbonyl (C=O) groups excluding carboxylic acids is 1. The lowest BCUT2D eigenvalue weighted by molar-refractivity contribution is 0.0934. The predicted octanol–water partition coefficient (Wildman–Crippen LogP) is 2.70. The second-order valence-electron chi connectivity index (χ2n) is 4.97. The Labute approximate surface area is 122 Å². The molecule has 5 heteroatoms. The average Bonchev–Trinajstić information content (AvgIpc) is 2.79. The molecule has 4 nitrogen and oxygen atoms in total. The molecule has 0 saturated heterocycles. The van der Waals surface area contributed by atoms with Crippen molar-refractivity contribution < 1.29 is 4.79 Å². The molecular formula is C15H17N3OS. The van der Waals surface area contributed by atoms with Crippen molar-refractivity contribution in [3.8, 4) is 0 Å². The van der Waals surface area contributed by atoms with Gasteiger partial charge in [-0.1, -0.05) is 18.2 Å². The molecule has 1 aliphatic heterocycles. The molecule has 0 unspecified atom stereocenters. The van der Waals surface area contributed by atoms with Gasteiger partial charge in [0.25, 0.3) is 5.91 Å². The number of thioether (sulfide) groups is 1. The summed E-state index contributed by atoms with van der Waals surface area (Å²) in [4.78, 5) is 13.7. The maximum atomic E-state index is 12.4. The maximum Gasteiger partial charge on any atom is 0.255 e. The van der Waals surface area contributed by atoms with Crippen LogP contribution in [0.5, 0.6) is 0 Å². The fourth-order valence-corrected chi connectivity index (χ4v) is 3.57. The van der Waals surface area contributed by atoms with E-state index < -0.39 is 0 Å². The van der Waals surface area contributed by atoms with Crippen molar-refractivity contribution in [2.75, 3.05) is 5.75 Å². The summed E-state index contributed by atoms with van der Waals surface area (Å²) in [6.07, 6.45) is 2.60. The fourth-order valence-electron chi connectivity index (χ4n) is 2.45. The number of hydrogen-bond donors (Lipinski definition) is 1. The lowest BCUT2D eigenvalue weighted by Crippen LogP contribution is -2.30. The monoisotopic (exact) mass is 287 g/mol. The molecule has 0 aliphatic carbocycles. The Morgan fingerprint density at radius 2 is 2.25 bits per heavy atom. The first-order chi connectivity index (χ1) is 9.66. The fraction of sp³-hybridized carbons (Fsp3) is 0.333. The third-order valence-corrected chi connectivity index (χ3v) is 4.87. The first-order valence-electron chi connectivity index (χ1n) is 6.68. The molecule has 2 aromatic rings. The highest BCUT2D eigenvalue weighted by Gasteiger charge is 2.23. The number of benzene rings is 1. The van der Waals surface area contributed by atoms with Gasteiger partial charge in [0.05, 0.1) is 17.8 Å². The van der Waals surface area contributed by atoms with Crippen LogP contribution < -0.4 is 5.32 Å². The van der Waals surface area contributed by atoms with E-state index in [1.54, 1.807) is 10.9 Å². The molecule has 0 spiro atoms. The van der Waals surface area contributed by atoms with E-state index in [0.717, 1.165) is 17.9 Å².